The van der Waals surface area contributed by atoms with Gasteiger partial charge in [0.2, 0.25) is 0 Å². The quantitative estimate of drug-likeness (QED) is 0.593. The topological polar surface area (TPSA) is 46.9 Å². The molecule has 0 amide bonds. The molecule has 0 saturated carbocycles. The fourth-order valence-corrected chi connectivity index (χ4v) is 2.73. The Morgan fingerprint density at radius 2 is 1.69 bits per heavy atom. The number of benzene rings is 2. The smallest absolute Gasteiger partial charge is 0.378 e. The van der Waals surface area contributed by atoms with Crippen LogP contribution in [0.25, 0.3) is 5.69 Å². The first-order chi connectivity index (χ1) is 13.6. The van der Waals surface area contributed by atoms with Crippen molar-refractivity contribution in [3.05, 3.63) is 86.6 Å². The Bertz CT molecular complexity index is 1130. The van der Waals surface area contributed by atoms with Gasteiger partial charge in [-0.25, -0.2) is 13.2 Å². The molecule has 152 valence electrons. The number of rotatable bonds is 4. The summed E-state index contributed by atoms with van der Waals surface area (Å²) >= 11 is 5.94. The molecule has 0 saturated heterocycles. The summed E-state index contributed by atoms with van der Waals surface area (Å²) in [6.45, 7) is -0.440. The number of hydrogen-bond donors (Lipinski definition) is 1. The fraction of sp³-hybridized carbons (Fsp3) is 0.111. The summed E-state index contributed by atoms with van der Waals surface area (Å²) in [5, 5.41) is 5.76. The van der Waals surface area contributed by atoms with Crippen LogP contribution >= 0.6 is 11.6 Å². The molecule has 4 nitrogen and oxygen atoms in total. The van der Waals surface area contributed by atoms with Crippen LogP contribution in [0.3, 0.4) is 0 Å². The van der Waals surface area contributed by atoms with Gasteiger partial charge in [0.05, 0.1) is 17.4 Å². The molecule has 0 bridgehead atoms. The summed E-state index contributed by atoms with van der Waals surface area (Å²) in [6, 6.07) is 4.61. The molecule has 0 spiro atoms. The first-order valence-corrected chi connectivity index (χ1v) is 8.28. The maximum Gasteiger partial charge on any atom is 0.416 e. The third-order valence-electron chi connectivity index (χ3n) is 3.90. The van der Waals surface area contributed by atoms with E-state index in [1.807, 2.05) is 0 Å². The molecule has 29 heavy (non-hydrogen) atoms. The van der Waals surface area contributed by atoms with Crippen molar-refractivity contribution in [2.24, 2.45) is 0 Å². The van der Waals surface area contributed by atoms with Crippen LogP contribution in [0, 0.1) is 17.5 Å². The monoisotopic (exact) mass is 433 g/mol. The minimum Gasteiger partial charge on any atom is -0.378 e. The first-order valence-electron chi connectivity index (χ1n) is 7.90. The Morgan fingerprint density at radius 1 is 1.03 bits per heavy atom. The molecule has 1 N–H and O–H groups in total. The lowest BCUT2D eigenvalue weighted by molar-refractivity contribution is -0.138. The van der Waals surface area contributed by atoms with E-state index in [0.717, 1.165) is 30.5 Å². The highest BCUT2D eigenvalue weighted by Gasteiger charge is 2.33. The van der Waals surface area contributed by atoms with Crippen molar-refractivity contribution in [2.45, 2.75) is 12.7 Å². The predicted octanol–water partition coefficient (Wildman–Crippen LogP) is 4.93. The number of nitrogens with one attached hydrogen (secondary N) is 1. The van der Waals surface area contributed by atoms with Crippen LogP contribution < -0.4 is 10.9 Å². The minimum atomic E-state index is -4.79. The van der Waals surface area contributed by atoms with Crippen molar-refractivity contribution in [1.29, 1.82) is 0 Å². The summed E-state index contributed by atoms with van der Waals surface area (Å²) in [7, 11) is 0. The molecule has 11 heteroatoms. The molecule has 3 rings (SSSR count). The van der Waals surface area contributed by atoms with E-state index >= 15 is 0 Å². The van der Waals surface area contributed by atoms with Crippen LogP contribution in [0.15, 0.2) is 47.4 Å². The van der Waals surface area contributed by atoms with E-state index in [0.29, 0.717) is 16.8 Å². The van der Waals surface area contributed by atoms with E-state index in [1.54, 1.807) is 0 Å². The van der Waals surface area contributed by atoms with Crippen LogP contribution in [0.4, 0.5) is 32.0 Å². The molecular formula is C18H10ClF6N3O. The van der Waals surface area contributed by atoms with Crippen LogP contribution in [0.2, 0.25) is 5.02 Å². The van der Waals surface area contributed by atoms with E-state index in [1.165, 1.54) is 0 Å². The second-order valence-corrected chi connectivity index (χ2v) is 6.22. The van der Waals surface area contributed by atoms with Gasteiger partial charge in [-0.3, -0.25) is 4.79 Å². The molecule has 1 heterocycles. The third-order valence-corrected chi connectivity index (χ3v) is 4.27. The van der Waals surface area contributed by atoms with Crippen molar-refractivity contribution in [3.8, 4) is 5.69 Å². The SMILES string of the molecule is O=c1c(Cl)c(NCc2ccc(F)cc2C(F)(F)F)cnn1-c1ccc(F)cc1F. The standard InChI is InChI=1S/C18H10ClF6N3O/c19-16-14(26-7-9-1-2-10(20)5-12(9)18(23,24)25)8-27-28(17(16)29)15-4-3-11(21)6-13(15)22/h1-6,8,26H,7H2. The molecular weight excluding hydrogens is 424 g/mol. The minimum absolute atomic E-state index is 0.118. The Hall–Kier alpha value is -3.01. The summed E-state index contributed by atoms with van der Waals surface area (Å²) in [6.07, 6.45) is -3.78. The zero-order chi connectivity index (χ0) is 21.3. The molecule has 3 aromatic rings. The van der Waals surface area contributed by atoms with Crippen LogP contribution in [0.1, 0.15) is 11.1 Å². The average Bonchev–Trinajstić information content (AvgIpc) is 2.64. The highest BCUT2D eigenvalue weighted by molar-refractivity contribution is 6.32. The lowest BCUT2D eigenvalue weighted by Gasteiger charge is -2.15. The lowest BCUT2D eigenvalue weighted by atomic mass is 10.1. The van der Waals surface area contributed by atoms with Crippen LogP contribution in [0.5, 0.6) is 0 Å². The molecule has 0 fully saturated rings. The van der Waals surface area contributed by atoms with Crippen molar-refractivity contribution in [2.75, 3.05) is 5.32 Å². The van der Waals surface area contributed by atoms with Gasteiger partial charge in [-0.2, -0.15) is 23.0 Å². The van der Waals surface area contributed by atoms with Gasteiger partial charge >= 0.3 is 6.18 Å². The van der Waals surface area contributed by atoms with E-state index in [-0.39, 0.29) is 16.9 Å². The molecule has 0 atom stereocenters. The number of halogens is 7. The molecule has 0 radical (unpaired) electrons. The Labute approximate surface area is 164 Å². The van der Waals surface area contributed by atoms with Crippen molar-refractivity contribution in [3.63, 3.8) is 0 Å². The molecule has 0 aliphatic rings. The fourth-order valence-electron chi connectivity index (χ4n) is 2.54. The first kappa shape index (κ1) is 20.7. The summed E-state index contributed by atoms with van der Waals surface area (Å²) < 4.78 is 79.8. The highest BCUT2D eigenvalue weighted by atomic mass is 35.5. The predicted molar refractivity (Wildman–Crippen MR) is 93.5 cm³/mol. The average molecular weight is 434 g/mol. The van der Waals surface area contributed by atoms with Gasteiger partial charge < -0.3 is 5.32 Å². The normalized spacial score (nSPS) is 11.6. The van der Waals surface area contributed by atoms with Gasteiger partial charge in [-0.15, -0.1) is 0 Å². The molecule has 0 unspecified atom stereocenters. The highest BCUT2D eigenvalue weighted by Crippen LogP contribution is 2.33. The zero-order valence-electron chi connectivity index (χ0n) is 14.2. The van der Waals surface area contributed by atoms with Crippen molar-refractivity contribution < 1.29 is 26.3 Å². The summed E-state index contributed by atoms with van der Waals surface area (Å²) in [5.41, 5.74) is -2.92. The summed E-state index contributed by atoms with van der Waals surface area (Å²) in [5.74, 6) is -2.97. The molecule has 0 aliphatic heterocycles. The van der Waals surface area contributed by atoms with Crippen LogP contribution in [-0.2, 0) is 12.7 Å². The Balaban J connectivity index is 1.91. The molecule has 0 aliphatic carbocycles. The second kappa shape index (κ2) is 7.78. The van der Waals surface area contributed by atoms with Crippen molar-refractivity contribution >= 4 is 17.3 Å². The molecule has 2 aromatic carbocycles. The number of alkyl halides is 3. The van der Waals surface area contributed by atoms with Gasteiger partial charge in [0, 0.05) is 12.6 Å². The maximum atomic E-state index is 13.9. The third kappa shape index (κ3) is 4.37. The van der Waals surface area contributed by atoms with Gasteiger partial charge in [0.25, 0.3) is 5.56 Å². The zero-order valence-corrected chi connectivity index (χ0v) is 15.0. The number of anilines is 1. The number of hydrogen-bond acceptors (Lipinski definition) is 3. The number of nitrogens with zero attached hydrogens (tertiary/aromatic N) is 2. The molecule has 1 aromatic heterocycles. The van der Waals surface area contributed by atoms with Crippen LogP contribution in [-0.4, -0.2) is 9.78 Å². The van der Waals surface area contributed by atoms with Gasteiger partial charge in [0.1, 0.15) is 22.3 Å². The number of aromatic nitrogens is 2. The Morgan fingerprint density at radius 3 is 2.34 bits per heavy atom. The van der Waals surface area contributed by atoms with Gasteiger partial charge in [0.15, 0.2) is 5.82 Å². The van der Waals surface area contributed by atoms with Gasteiger partial charge in [-0.05, 0) is 29.8 Å². The van der Waals surface area contributed by atoms with E-state index in [9.17, 15) is 31.1 Å². The van der Waals surface area contributed by atoms with E-state index < -0.39 is 46.3 Å². The Kier molecular flexibility index (Phi) is 5.56. The van der Waals surface area contributed by atoms with E-state index in [2.05, 4.69) is 10.4 Å². The van der Waals surface area contributed by atoms with Gasteiger partial charge in [-0.1, -0.05) is 17.7 Å². The summed E-state index contributed by atoms with van der Waals surface area (Å²) in [4.78, 5) is 12.3. The maximum absolute atomic E-state index is 13.9. The van der Waals surface area contributed by atoms with Crippen molar-refractivity contribution in [1.82, 2.24) is 9.78 Å². The van der Waals surface area contributed by atoms with E-state index in [4.69, 9.17) is 11.6 Å². The lowest BCUT2D eigenvalue weighted by Crippen LogP contribution is -2.24. The second-order valence-electron chi connectivity index (χ2n) is 5.84. The largest absolute Gasteiger partial charge is 0.416 e.